The molecule has 5 nitrogen and oxygen atoms in total. The number of phenols is 1. The molecule has 0 aliphatic rings. The predicted molar refractivity (Wildman–Crippen MR) is 106 cm³/mol. The highest BCUT2D eigenvalue weighted by atomic mass is 79.9. The maximum Gasteiger partial charge on any atom is 0.277 e. The third-order valence-electron chi connectivity index (χ3n) is 3.83. The van der Waals surface area contributed by atoms with Crippen molar-refractivity contribution in [3.63, 3.8) is 0 Å². The number of amides is 1. The fourth-order valence-corrected chi connectivity index (χ4v) is 3.09. The summed E-state index contributed by atoms with van der Waals surface area (Å²) >= 11 is 3.52. The topological polar surface area (TPSA) is 70.9 Å². The Kier molecular flexibility index (Phi) is 5.53. The molecule has 0 unspecified atom stereocenters. The molecule has 3 rings (SSSR count). The number of halogens is 1. The molecule has 0 spiro atoms. The number of hydrogen-bond donors (Lipinski definition) is 2. The van der Waals surface area contributed by atoms with Crippen LogP contribution >= 0.6 is 15.9 Å². The summed E-state index contributed by atoms with van der Waals surface area (Å²) in [7, 11) is 0. The van der Waals surface area contributed by atoms with Crippen molar-refractivity contribution in [3.8, 4) is 11.5 Å². The van der Waals surface area contributed by atoms with E-state index in [9.17, 15) is 9.90 Å². The van der Waals surface area contributed by atoms with Crippen LogP contribution in [0.3, 0.4) is 0 Å². The van der Waals surface area contributed by atoms with Gasteiger partial charge in [0.1, 0.15) is 11.5 Å². The average Bonchev–Trinajstić information content (AvgIpc) is 2.66. The van der Waals surface area contributed by atoms with Crippen molar-refractivity contribution >= 4 is 38.3 Å². The second-order valence-corrected chi connectivity index (χ2v) is 6.43. The predicted octanol–water partition coefficient (Wildman–Crippen LogP) is 4.23. The first-order chi connectivity index (χ1) is 12.6. The van der Waals surface area contributed by atoms with Gasteiger partial charge in [0.25, 0.3) is 5.91 Å². The van der Waals surface area contributed by atoms with E-state index < -0.39 is 0 Å². The summed E-state index contributed by atoms with van der Waals surface area (Å²) in [5.41, 5.74) is 3.50. The summed E-state index contributed by atoms with van der Waals surface area (Å²) in [5, 5.41) is 15.9. The highest BCUT2D eigenvalue weighted by Gasteiger charge is 2.09. The highest BCUT2D eigenvalue weighted by Crippen LogP contribution is 2.32. The fourth-order valence-electron chi connectivity index (χ4n) is 2.49. The Bertz CT molecular complexity index is 986. The molecule has 0 bridgehead atoms. The molecule has 0 aliphatic heterocycles. The molecule has 0 saturated carbocycles. The maximum atomic E-state index is 12.0. The van der Waals surface area contributed by atoms with Gasteiger partial charge in [-0.05, 0) is 51.8 Å². The first-order valence-electron chi connectivity index (χ1n) is 7.98. The van der Waals surface area contributed by atoms with Crippen molar-refractivity contribution in [3.05, 3.63) is 70.7 Å². The summed E-state index contributed by atoms with van der Waals surface area (Å²) in [6, 6.07) is 18.5. The number of para-hydroxylation sites is 1. The van der Waals surface area contributed by atoms with Gasteiger partial charge in [0.15, 0.2) is 6.61 Å². The number of benzene rings is 3. The zero-order valence-corrected chi connectivity index (χ0v) is 15.7. The first kappa shape index (κ1) is 17.9. The lowest BCUT2D eigenvalue weighted by Gasteiger charge is -2.10. The number of fused-ring (bicyclic) bond motifs is 1. The molecule has 0 atom stereocenters. The minimum Gasteiger partial charge on any atom is -0.507 e. The number of phenolic OH excluding ortho intramolecular Hbond substituents is 1. The molecule has 0 fully saturated rings. The monoisotopic (exact) mass is 412 g/mol. The van der Waals surface area contributed by atoms with Gasteiger partial charge in [0.05, 0.1) is 10.2 Å². The lowest BCUT2D eigenvalue weighted by atomic mass is 10.1. The zero-order valence-electron chi connectivity index (χ0n) is 14.1. The molecule has 0 heterocycles. The second-order valence-electron chi connectivity index (χ2n) is 5.64. The van der Waals surface area contributed by atoms with Crippen LogP contribution in [-0.4, -0.2) is 23.3 Å². The van der Waals surface area contributed by atoms with Crippen LogP contribution in [0.15, 0.2) is 70.2 Å². The van der Waals surface area contributed by atoms with Crippen molar-refractivity contribution in [2.24, 2.45) is 5.10 Å². The van der Waals surface area contributed by atoms with Crippen molar-refractivity contribution < 1.29 is 14.6 Å². The molecule has 2 N–H and O–H groups in total. The quantitative estimate of drug-likeness (QED) is 0.486. The Hall–Kier alpha value is -2.86. The van der Waals surface area contributed by atoms with Crippen LogP contribution in [0.25, 0.3) is 10.8 Å². The van der Waals surface area contributed by atoms with Gasteiger partial charge >= 0.3 is 0 Å². The average molecular weight is 413 g/mol. The number of nitrogens with zero attached hydrogens (tertiary/aromatic N) is 1. The van der Waals surface area contributed by atoms with E-state index in [1.165, 1.54) is 0 Å². The van der Waals surface area contributed by atoms with Gasteiger partial charge in [-0.25, -0.2) is 5.43 Å². The van der Waals surface area contributed by atoms with Crippen molar-refractivity contribution in [1.82, 2.24) is 5.43 Å². The highest BCUT2D eigenvalue weighted by molar-refractivity contribution is 9.10. The summed E-state index contributed by atoms with van der Waals surface area (Å²) < 4.78 is 6.39. The van der Waals surface area contributed by atoms with Crippen LogP contribution in [-0.2, 0) is 4.79 Å². The van der Waals surface area contributed by atoms with E-state index in [2.05, 4.69) is 26.5 Å². The Morgan fingerprint density at radius 1 is 1.12 bits per heavy atom. The molecule has 6 heteroatoms. The number of aromatic hydroxyl groups is 1. The van der Waals surface area contributed by atoms with E-state index in [0.717, 1.165) is 15.2 Å². The lowest BCUT2D eigenvalue weighted by Crippen LogP contribution is -2.25. The summed E-state index contributed by atoms with van der Waals surface area (Å²) in [6.07, 6.45) is 0. The number of carbonyl (C=O) groups excluding carboxylic acids is 1. The van der Waals surface area contributed by atoms with E-state index >= 15 is 0 Å². The van der Waals surface area contributed by atoms with Gasteiger partial charge in [-0.1, -0.05) is 42.5 Å². The number of rotatable bonds is 5. The van der Waals surface area contributed by atoms with Gasteiger partial charge in [0.2, 0.25) is 0 Å². The molecule has 3 aromatic rings. The smallest absolute Gasteiger partial charge is 0.277 e. The number of hydrogen-bond acceptors (Lipinski definition) is 4. The minimum absolute atomic E-state index is 0.111. The summed E-state index contributed by atoms with van der Waals surface area (Å²) in [5.74, 6) is 0.305. The molecule has 0 aromatic heterocycles. The standard InChI is InChI=1S/C20H17BrN2O3/c1-13(15-7-4-5-9-17(15)24)22-23-19(25)12-26-18-11-10-14-6-2-3-8-16(14)20(18)21/h2-11,24H,12H2,1H3,(H,23,25)/b22-13+. The van der Waals surface area contributed by atoms with Gasteiger partial charge in [-0.15, -0.1) is 0 Å². The van der Waals surface area contributed by atoms with E-state index in [-0.39, 0.29) is 18.3 Å². The zero-order chi connectivity index (χ0) is 18.5. The normalized spacial score (nSPS) is 11.4. The molecule has 132 valence electrons. The molecule has 0 radical (unpaired) electrons. The second kappa shape index (κ2) is 8.01. The Balaban J connectivity index is 1.63. The van der Waals surface area contributed by atoms with E-state index in [1.807, 2.05) is 36.4 Å². The number of ether oxygens (including phenoxy) is 1. The van der Waals surface area contributed by atoms with Crippen molar-refractivity contribution in [2.75, 3.05) is 6.61 Å². The molecular weight excluding hydrogens is 396 g/mol. The van der Waals surface area contributed by atoms with E-state index in [1.54, 1.807) is 31.2 Å². The molecule has 1 amide bonds. The van der Waals surface area contributed by atoms with Crippen LogP contribution in [0, 0.1) is 0 Å². The van der Waals surface area contributed by atoms with Crippen LogP contribution in [0.5, 0.6) is 11.5 Å². The van der Waals surface area contributed by atoms with Crippen molar-refractivity contribution in [2.45, 2.75) is 6.92 Å². The first-order valence-corrected chi connectivity index (χ1v) is 8.77. The minimum atomic E-state index is -0.389. The third-order valence-corrected chi connectivity index (χ3v) is 4.65. The molecule has 3 aromatic carbocycles. The molecular formula is C20H17BrN2O3. The van der Waals surface area contributed by atoms with Crippen LogP contribution in [0.2, 0.25) is 0 Å². The largest absolute Gasteiger partial charge is 0.507 e. The van der Waals surface area contributed by atoms with E-state index in [0.29, 0.717) is 17.0 Å². The van der Waals surface area contributed by atoms with Crippen LogP contribution in [0.4, 0.5) is 0 Å². The lowest BCUT2D eigenvalue weighted by molar-refractivity contribution is -0.123. The van der Waals surface area contributed by atoms with Gasteiger partial charge < -0.3 is 9.84 Å². The summed E-state index contributed by atoms with van der Waals surface area (Å²) in [4.78, 5) is 12.0. The van der Waals surface area contributed by atoms with Crippen LogP contribution in [0.1, 0.15) is 12.5 Å². The SMILES string of the molecule is C/C(=N\NC(=O)COc1ccc2ccccc2c1Br)c1ccccc1O. The van der Waals surface area contributed by atoms with Gasteiger partial charge in [-0.3, -0.25) is 4.79 Å². The summed E-state index contributed by atoms with van der Waals surface area (Å²) in [6.45, 7) is 1.53. The fraction of sp³-hybridized carbons (Fsp3) is 0.100. The molecule has 0 aliphatic carbocycles. The molecule has 26 heavy (non-hydrogen) atoms. The van der Waals surface area contributed by atoms with Gasteiger partial charge in [-0.2, -0.15) is 5.10 Å². The number of nitrogens with one attached hydrogen (secondary N) is 1. The van der Waals surface area contributed by atoms with E-state index in [4.69, 9.17) is 4.74 Å². The van der Waals surface area contributed by atoms with Gasteiger partial charge in [0, 0.05) is 5.56 Å². The number of hydrazone groups is 1. The Morgan fingerprint density at radius 2 is 1.85 bits per heavy atom. The molecule has 0 saturated heterocycles. The third kappa shape index (κ3) is 4.03. The maximum absolute atomic E-state index is 12.0. The Morgan fingerprint density at radius 3 is 2.65 bits per heavy atom. The number of carbonyl (C=O) groups is 1. The Labute approximate surface area is 159 Å². The van der Waals surface area contributed by atoms with Crippen LogP contribution < -0.4 is 10.2 Å². The van der Waals surface area contributed by atoms with Crippen molar-refractivity contribution in [1.29, 1.82) is 0 Å².